The van der Waals surface area contributed by atoms with Crippen molar-refractivity contribution >= 4 is 29.9 Å². The number of hydrogen-bond donors (Lipinski definition) is 0. The fourth-order valence-corrected chi connectivity index (χ4v) is 6.86. The first-order valence-corrected chi connectivity index (χ1v) is 11.1. The van der Waals surface area contributed by atoms with E-state index in [1.807, 2.05) is 0 Å². The van der Waals surface area contributed by atoms with Crippen molar-refractivity contribution in [2.75, 3.05) is 0 Å². The Labute approximate surface area is 122 Å². The first-order chi connectivity index (χ1) is 8.93. The zero-order chi connectivity index (χ0) is 12.2. The molecule has 0 bridgehead atoms. The second kappa shape index (κ2) is 6.08. The minimum atomic E-state index is 0.705. The van der Waals surface area contributed by atoms with Crippen LogP contribution in [-0.2, 0) is 21.3 Å². The Kier molecular flexibility index (Phi) is 4.23. The van der Waals surface area contributed by atoms with Crippen molar-refractivity contribution in [3.63, 3.8) is 0 Å². The fourth-order valence-electron chi connectivity index (χ4n) is 2.22. The summed E-state index contributed by atoms with van der Waals surface area (Å²) in [6, 6.07) is 18.1. The molecule has 0 aliphatic carbocycles. The summed E-state index contributed by atoms with van der Waals surface area (Å²) in [5, 5.41) is 5.20. The van der Waals surface area contributed by atoms with E-state index in [0.29, 0.717) is 29.9 Å². The SMILES string of the molecule is c1ccc2c(c1)C[Se]Cc1ccccc1C[Se]C2. The van der Waals surface area contributed by atoms with Crippen molar-refractivity contribution in [3.05, 3.63) is 70.8 Å². The first kappa shape index (κ1) is 12.5. The van der Waals surface area contributed by atoms with Gasteiger partial charge in [0.1, 0.15) is 0 Å². The molecule has 92 valence electrons. The Morgan fingerprint density at radius 3 is 1.06 bits per heavy atom. The van der Waals surface area contributed by atoms with E-state index in [4.69, 9.17) is 0 Å². The fraction of sp³-hybridized carbons (Fsp3) is 0.250. The van der Waals surface area contributed by atoms with Crippen molar-refractivity contribution < 1.29 is 0 Å². The van der Waals surface area contributed by atoms with Crippen LogP contribution in [0.4, 0.5) is 0 Å². The van der Waals surface area contributed by atoms with Crippen molar-refractivity contribution in [2.24, 2.45) is 0 Å². The summed E-state index contributed by atoms with van der Waals surface area (Å²) < 4.78 is 0. The molecular weight excluding hydrogens is 350 g/mol. The van der Waals surface area contributed by atoms with Gasteiger partial charge in [-0.1, -0.05) is 0 Å². The van der Waals surface area contributed by atoms with Crippen LogP contribution in [0.5, 0.6) is 0 Å². The second-order valence-corrected chi connectivity index (χ2v) is 8.66. The molecule has 0 N–H and O–H groups in total. The molecule has 0 spiro atoms. The van der Waals surface area contributed by atoms with E-state index >= 15 is 0 Å². The van der Waals surface area contributed by atoms with Crippen LogP contribution >= 0.6 is 0 Å². The summed E-state index contributed by atoms with van der Waals surface area (Å²) in [5.74, 6) is 0. The Bertz CT molecular complexity index is 439. The van der Waals surface area contributed by atoms with E-state index < -0.39 is 0 Å². The van der Waals surface area contributed by atoms with Gasteiger partial charge >= 0.3 is 122 Å². The molecule has 1 aliphatic heterocycles. The average molecular weight is 366 g/mol. The summed E-state index contributed by atoms with van der Waals surface area (Å²) in [4.78, 5) is 0. The van der Waals surface area contributed by atoms with Gasteiger partial charge in [-0.05, 0) is 0 Å². The summed E-state index contributed by atoms with van der Waals surface area (Å²) in [7, 11) is 0. The molecule has 0 aromatic heterocycles. The van der Waals surface area contributed by atoms with Crippen molar-refractivity contribution in [3.8, 4) is 0 Å². The van der Waals surface area contributed by atoms with Gasteiger partial charge in [-0.3, -0.25) is 0 Å². The van der Waals surface area contributed by atoms with E-state index in [2.05, 4.69) is 48.5 Å². The zero-order valence-corrected chi connectivity index (χ0v) is 13.7. The van der Waals surface area contributed by atoms with E-state index in [-0.39, 0.29) is 0 Å². The molecule has 0 nitrogen and oxygen atoms in total. The summed E-state index contributed by atoms with van der Waals surface area (Å²) >= 11 is 1.41. The van der Waals surface area contributed by atoms with E-state index in [1.165, 1.54) is 21.3 Å². The minimum absolute atomic E-state index is 0.705. The van der Waals surface area contributed by atoms with Gasteiger partial charge in [0.2, 0.25) is 0 Å². The number of rotatable bonds is 0. The van der Waals surface area contributed by atoms with Gasteiger partial charge < -0.3 is 0 Å². The third kappa shape index (κ3) is 2.90. The normalized spacial score (nSPS) is 15.6. The molecule has 1 heterocycles. The Morgan fingerprint density at radius 2 is 0.778 bits per heavy atom. The Morgan fingerprint density at radius 1 is 0.500 bits per heavy atom. The molecular formula is C16H16Se2. The molecule has 0 radical (unpaired) electrons. The molecule has 3 rings (SSSR count). The molecule has 2 aromatic carbocycles. The molecule has 0 unspecified atom stereocenters. The van der Waals surface area contributed by atoms with Crippen molar-refractivity contribution in [1.29, 1.82) is 0 Å². The number of hydrogen-bond acceptors (Lipinski definition) is 0. The van der Waals surface area contributed by atoms with Gasteiger partial charge in [0, 0.05) is 0 Å². The average Bonchev–Trinajstić information content (AvgIpc) is 2.43. The van der Waals surface area contributed by atoms with Gasteiger partial charge in [-0.15, -0.1) is 0 Å². The van der Waals surface area contributed by atoms with Gasteiger partial charge in [0.25, 0.3) is 0 Å². The molecule has 0 fully saturated rings. The molecule has 0 saturated carbocycles. The number of fused-ring (bicyclic) bond motifs is 2. The van der Waals surface area contributed by atoms with Crippen LogP contribution in [-0.4, -0.2) is 29.9 Å². The predicted molar refractivity (Wildman–Crippen MR) is 79.2 cm³/mol. The topological polar surface area (TPSA) is 0 Å². The first-order valence-electron chi connectivity index (χ1n) is 6.22. The van der Waals surface area contributed by atoms with Gasteiger partial charge in [-0.25, -0.2) is 0 Å². The van der Waals surface area contributed by atoms with E-state index in [1.54, 1.807) is 22.3 Å². The monoisotopic (exact) mass is 368 g/mol. The molecule has 0 atom stereocenters. The third-order valence-corrected chi connectivity index (χ3v) is 7.59. The quantitative estimate of drug-likeness (QED) is 0.629. The van der Waals surface area contributed by atoms with E-state index in [9.17, 15) is 0 Å². The zero-order valence-electron chi connectivity index (χ0n) is 10.3. The molecule has 2 aromatic rings. The molecule has 0 saturated heterocycles. The van der Waals surface area contributed by atoms with Crippen LogP contribution in [0.25, 0.3) is 0 Å². The summed E-state index contributed by atoms with van der Waals surface area (Å²) in [5.41, 5.74) is 6.44. The molecule has 1 aliphatic rings. The molecule has 0 amide bonds. The van der Waals surface area contributed by atoms with Crippen LogP contribution in [0.2, 0.25) is 0 Å². The predicted octanol–water partition coefficient (Wildman–Crippen LogP) is 2.81. The van der Waals surface area contributed by atoms with Crippen LogP contribution in [0, 0.1) is 0 Å². The van der Waals surface area contributed by atoms with Crippen LogP contribution in [0.15, 0.2) is 48.5 Å². The standard InChI is InChI=1S/C16H16Se2/c1-2-6-14-10-18-12-16-8-4-3-7-15(16)11-17-9-13(14)5-1/h1-8H,9-12H2. The maximum absolute atomic E-state index is 2.33. The van der Waals surface area contributed by atoms with Crippen molar-refractivity contribution in [1.82, 2.24) is 0 Å². The summed E-state index contributed by atoms with van der Waals surface area (Å²) in [6.07, 6.45) is 0. The third-order valence-electron chi connectivity index (χ3n) is 3.27. The summed E-state index contributed by atoms with van der Waals surface area (Å²) in [6.45, 7) is 0. The maximum atomic E-state index is 2.33. The van der Waals surface area contributed by atoms with Crippen LogP contribution < -0.4 is 0 Å². The van der Waals surface area contributed by atoms with E-state index in [0.717, 1.165) is 0 Å². The molecule has 2 heteroatoms. The van der Waals surface area contributed by atoms with Gasteiger partial charge in [0.15, 0.2) is 0 Å². The Balaban J connectivity index is 1.85. The molecule has 18 heavy (non-hydrogen) atoms. The van der Waals surface area contributed by atoms with Gasteiger partial charge in [-0.2, -0.15) is 0 Å². The van der Waals surface area contributed by atoms with Crippen LogP contribution in [0.1, 0.15) is 22.3 Å². The van der Waals surface area contributed by atoms with Crippen LogP contribution in [0.3, 0.4) is 0 Å². The second-order valence-electron chi connectivity index (χ2n) is 4.52. The van der Waals surface area contributed by atoms with Gasteiger partial charge in [0.05, 0.1) is 0 Å². The number of benzene rings is 2. The van der Waals surface area contributed by atoms with Crippen molar-refractivity contribution in [2.45, 2.75) is 21.3 Å². The Hall–Kier alpha value is -0.521.